The van der Waals surface area contributed by atoms with Gasteiger partial charge in [0.15, 0.2) is 0 Å². The summed E-state index contributed by atoms with van der Waals surface area (Å²) in [7, 11) is 0. The normalized spacial score (nSPS) is 18.3. The van der Waals surface area contributed by atoms with Gasteiger partial charge in [-0.05, 0) is 19.1 Å². The van der Waals surface area contributed by atoms with Gasteiger partial charge < -0.3 is 19.9 Å². The monoisotopic (exact) mass is 382 g/mol. The van der Waals surface area contributed by atoms with Crippen molar-refractivity contribution < 1.29 is 4.74 Å². The van der Waals surface area contributed by atoms with E-state index in [1.807, 2.05) is 6.92 Å². The molecule has 0 radical (unpaired) electrons. The fraction of sp³-hybridized carbons (Fsp3) is 0.524. The first kappa shape index (κ1) is 19.0. The number of piperazine rings is 1. The molecule has 0 spiro atoms. The molecule has 1 N–H and O–H groups in total. The molecule has 2 fully saturated rings. The molecule has 2 aliphatic rings. The number of rotatable bonds is 6. The van der Waals surface area contributed by atoms with Crippen LogP contribution in [0.15, 0.2) is 36.4 Å². The maximum atomic E-state index is 5.40. The van der Waals surface area contributed by atoms with Crippen molar-refractivity contribution in [2.75, 3.05) is 80.7 Å². The molecule has 1 aromatic carbocycles. The summed E-state index contributed by atoms with van der Waals surface area (Å²) >= 11 is 0. The van der Waals surface area contributed by atoms with Gasteiger partial charge in [-0.25, -0.2) is 4.98 Å². The first-order valence-electron chi connectivity index (χ1n) is 10.2. The fourth-order valence-electron chi connectivity index (χ4n) is 3.78. The lowest BCUT2D eigenvalue weighted by molar-refractivity contribution is 0.0398. The van der Waals surface area contributed by atoms with Gasteiger partial charge in [0.25, 0.3) is 0 Å². The first-order valence-corrected chi connectivity index (χ1v) is 10.2. The molecule has 28 heavy (non-hydrogen) atoms. The number of para-hydroxylation sites is 1. The number of hydrogen-bond acceptors (Lipinski definition) is 7. The van der Waals surface area contributed by atoms with Gasteiger partial charge in [0, 0.05) is 69.8 Å². The molecule has 7 heteroatoms. The molecular formula is C21H30N6O. The van der Waals surface area contributed by atoms with Crippen molar-refractivity contribution in [3.8, 4) is 0 Å². The van der Waals surface area contributed by atoms with Crippen LogP contribution in [0.25, 0.3) is 0 Å². The maximum absolute atomic E-state index is 5.40. The van der Waals surface area contributed by atoms with Gasteiger partial charge in [0.2, 0.25) is 5.95 Å². The highest BCUT2D eigenvalue weighted by Crippen LogP contribution is 2.20. The lowest BCUT2D eigenvalue weighted by atomic mass is 10.2. The van der Waals surface area contributed by atoms with Crippen LogP contribution in [0, 0.1) is 6.92 Å². The maximum Gasteiger partial charge on any atom is 0.224 e. The van der Waals surface area contributed by atoms with Crippen LogP contribution in [-0.4, -0.2) is 80.4 Å². The molecule has 2 aromatic rings. The van der Waals surface area contributed by atoms with E-state index in [2.05, 4.69) is 61.4 Å². The minimum atomic E-state index is 0.730. The molecule has 150 valence electrons. The fourth-order valence-corrected chi connectivity index (χ4v) is 3.78. The van der Waals surface area contributed by atoms with Crippen molar-refractivity contribution in [1.29, 1.82) is 0 Å². The van der Waals surface area contributed by atoms with E-state index in [-0.39, 0.29) is 0 Å². The number of aryl methyl sites for hydroxylation is 1. The van der Waals surface area contributed by atoms with E-state index >= 15 is 0 Å². The molecule has 2 saturated heterocycles. The Labute approximate surface area is 167 Å². The van der Waals surface area contributed by atoms with E-state index in [1.165, 1.54) is 5.69 Å². The molecule has 4 rings (SSSR count). The minimum Gasteiger partial charge on any atom is -0.379 e. The van der Waals surface area contributed by atoms with E-state index in [0.29, 0.717) is 0 Å². The number of nitrogens with one attached hydrogen (secondary N) is 1. The van der Waals surface area contributed by atoms with Crippen molar-refractivity contribution in [2.45, 2.75) is 6.92 Å². The Kier molecular flexibility index (Phi) is 6.24. The first-order chi connectivity index (χ1) is 13.8. The number of nitrogens with zero attached hydrogens (tertiary/aromatic N) is 5. The van der Waals surface area contributed by atoms with E-state index < -0.39 is 0 Å². The van der Waals surface area contributed by atoms with Crippen molar-refractivity contribution >= 4 is 17.5 Å². The molecule has 0 saturated carbocycles. The summed E-state index contributed by atoms with van der Waals surface area (Å²) in [6, 6.07) is 12.7. The second kappa shape index (κ2) is 9.21. The smallest absolute Gasteiger partial charge is 0.224 e. The summed E-state index contributed by atoms with van der Waals surface area (Å²) < 4.78 is 5.40. The summed E-state index contributed by atoms with van der Waals surface area (Å²) in [6.07, 6.45) is 0. The summed E-state index contributed by atoms with van der Waals surface area (Å²) in [5.41, 5.74) is 2.30. The van der Waals surface area contributed by atoms with Gasteiger partial charge in [0.1, 0.15) is 5.82 Å². The molecule has 0 aliphatic carbocycles. The molecule has 0 atom stereocenters. The molecule has 0 amide bonds. The van der Waals surface area contributed by atoms with Gasteiger partial charge in [-0.1, -0.05) is 18.2 Å². The Morgan fingerprint density at radius 3 is 2.39 bits per heavy atom. The number of anilines is 3. The van der Waals surface area contributed by atoms with Gasteiger partial charge >= 0.3 is 0 Å². The zero-order chi connectivity index (χ0) is 19.2. The largest absolute Gasteiger partial charge is 0.379 e. The van der Waals surface area contributed by atoms with Crippen molar-refractivity contribution in [3.05, 3.63) is 42.1 Å². The standard InChI is InChI=1S/C21H30N6O/c1-18-17-20(24-21(23-18)22-7-8-25-13-15-28-16-14-25)27-11-9-26(10-12-27)19-5-3-2-4-6-19/h2-6,17H,7-16H2,1H3,(H,22,23,24). The van der Waals surface area contributed by atoms with Crippen LogP contribution in [0.3, 0.4) is 0 Å². The second-order valence-electron chi connectivity index (χ2n) is 7.38. The average molecular weight is 383 g/mol. The van der Waals surface area contributed by atoms with Gasteiger partial charge in [-0.3, -0.25) is 4.90 Å². The average Bonchev–Trinajstić information content (AvgIpc) is 2.75. The van der Waals surface area contributed by atoms with Crippen LogP contribution in [0.5, 0.6) is 0 Å². The van der Waals surface area contributed by atoms with Crippen LogP contribution in [0.2, 0.25) is 0 Å². The van der Waals surface area contributed by atoms with Crippen LogP contribution in [-0.2, 0) is 4.74 Å². The highest BCUT2D eigenvalue weighted by Gasteiger charge is 2.19. The summed E-state index contributed by atoms with van der Waals surface area (Å²) in [5, 5.41) is 3.41. The Bertz CT molecular complexity index is 742. The molecule has 0 bridgehead atoms. The molecule has 3 heterocycles. The number of aromatic nitrogens is 2. The van der Waals surface area contributed by atoms with E-state index in [1.54, 1.807) is 0 Å². The predicted molar refractivity (Wildman–Crippen MR) is 113 cm³/mol. The SMILES string of the molecule is Cc1cc(N2CCN(c3ccccc3)CC2)nc(NCCN2CCOCC2)n1. The Morgan fingerprint density at radius 2 is 1.64 bits per heavy atom. The Balaban J connectivity index is 1.32. The van der Waals surface area contributed by atoms with Gasteiger partial charge in [-0.15, -0.1) is 0 Å². The van der Waals surface area contributed by atoms with Crippen molar-refractivity contribution in [2.24, 2.45) is 0 Å². The number of morpholine rings is 1. The highest BCUT2D eigenvalue weighted by molar-refractivity contribution is 5.50. The van der Waals surface area contributed by atoms with Crippen molar-refractivity contribution in [1.82, 2.24) is 14.9 Å². The molecule has 7 nitrogen and oxygen atoms in total. The number of benzene rings is 1. The van der Waals surface area contributed by atoms with E-state index in [0.717, 1.165) is 83.0 Å². The van der Waals surface area contributed by atoms with Crippen molar-refractivity contribution in [3.63, 3.8) is 0 Å². The van der Waals surface area contributed by atoms with Gasteiger partial charge in [-0.2, -0.15) is 4.98 Å². The van der Waals surface area contributed by atoms with Crippen LogP contribution >= 0.6 is 0 Å². The van der Waals surface area contributed by atoms with E-state index in [9.17, 15) is 0 Å². The molecule has 2 aliphatic heterocycles. The Morgan fingerprint density at radius 1 is 0.929 bits per heavy atom. The molecule has 1 aromatic heterocycles. The molecular weight excluding hydrogens is 352 g/mol. The van der Waals surface area contributed by atoms with Crippen LogP contribution < -0.4 is 15.1 Å². The summed E-state index contributed by atoms with van der Waals surface area (Å²) in [5.74, 6) is 1.75. The quantitative estimate of drug-likeness (QED) is 0.818. The van der Waals surface area contributed by atoms with Crippen LogP contribution in [0.4, 0.5) is 17.5 Å². The zero-order valence-electron chi connectivity index (χ0n) is 16.7. The predicted octanol–water partition coefficient (Wildman–Crippen LogP) is 1.86. The second-order valence-corrected chi connectivity index (χ2v) is 7.38. The Hall–Kier alpha value is -2.38. The highest BCUT2D eigenvalue weighted by atomic mass is 16.5. The topological polar surface area (TPSA) is 56.8 Å². The third kappa shape index (κ3) is 4.91. The van der Waals surface area contributed by atoms with E-state index in [4.69, 9.17) is 9.72 Å². The lowest BCUT2D eigenvalue weighted by Gasteiger charge is -2.36. The third-order valence-electron chi connectivity index (χ3n) is 5.38. The lowest BCUT2D eigenvalue weighted by Crippen LogP contribution is -2.47. The number of ether oxygens (including phenoxy) is 1. The third-order valence-corrected chi connectivity index (χ3v) is 5.38. The van der Waals surface area contributed by atoms with Gasteiger partial charge in [0.05, 0.1) is 13.2 Å². The number of hydrogen-bond donors (Lipinski definition) is 1. The summed E-state index contributed by atoms with van der Waals surface area (Å²) in [6.45, 7) is 11.5. The zero-order valence-corrected chi connectivity index (χ0v) is 16.7. The van der Waals surface area contributed by atoms with Crippen LogP contribution in [0.1, 0.15) is 5.69 Å². The summed E-state index contributed by atoms with van der Waals surface area (Å²) in [4.78, 5) is 16.6. The minimum absolute atomic E-state index is 0.730. The molecule has 0 unspecified atom stereocenters.